The first-order chi connectivity index (χ1) is 13.7. The van der Waals surface area contributed by atoms with Gasteiger partial charge in [0, 0.05) is 43.1 Å². The molecule has 0 saturated carbocycles. The zero-order chi connectivity index (χ0) is 19.3. The smallest absolute Gasteiger partial charge is 0.253 e. The molecule has 28 heavy (non-hydrogen) atoms. The molecule has 2 N–H and O–H groups in total. The number of aromatic nitrogens is 2. The number of nitrogens with one attached hydrogen (secondary N) is 1. The lowest BCUT2D eigenvalue weighted by Crippen LogP contribution is -2.38. The summed E-state index contributed by atoms with van der Waals surface area (Å²) >= 11 is 0. The fraction of sp³-hybridized carbons (Fsp3) is 0.304. The van der Waals surface area contributed by atoms with Gasteiger partial charge in [-0.2, -0.15) is 5.10 Å². The van der Waals surface area contributed by atoms with Crippen molar-refractivity contribution in [3.8, 4) is 11.1 Å². The Labute approximate surface area is 165 Å². The third-order valence-corrected chi connectivity index (χ3v) is 5.56. The number of H-pyrrole nitrogens is 1. The summed E-state index contributed by atoms with van der Waals surface area (Å²) in [5, 5.41) is 16.1. The van der Waals surface area contributed by atoms with Gasteiger partial charge in [0.2, 0.25) is 0 Å². The molecule has 144 valence electrons. The number of piperidine rings is 1. The van der Waals surface area contributed by atoms with Crippen molar-refractivity contribution in [1.82, 2.24) is 15.1 Å². The fourth-order valence-corrected chi connectivity index (χ4v) is 3.87. The molecule has 1 saturated heterocycles. The molecule has 1 aromatic heterocycles. The maximum absolute atomic E-state index is 12.8. The Morgan fingerprint density at radius 1 is 1.00 bits per heavy atom. The number of benzene rings is 2. The van der Waals surface area contributed by atoms with Crippen LogP contribution in [0.2, 0.25) is 0 Å². The number of hydrogen-bond donors (Lipinski definition) is 2. The lowest BCUT2D eigenvalue weighted by atomic mass is 9.93. The number of amides is 1. The number of aromatic amines is 1. The Balaban J connectivity index is 1.39. The summed E-state index contributed by atoms with van der Waals surface area (Å²) in [5.41, 5.74) is 5.23. The molecule has 2 heterocycles. The van der Waals surface area contributed by atoms with Crippen molar-refractivity contribution in [2.45, 2.75) is 25.2 Å². The number of likely N-dealkylation sites (tertiary alicyclic amines) is 1. The molecule has 4 rings (SSSR count). The molecule has 1 aliphatic rings. The molecule has 1 aliphatic heterocycles. The molecule has 2 aromatic carbocycles. The van der Waals surface area contributed by atoms with Crippen LogP contribution in [0, 0.1) is 0 Å². The zero-order valence-corrected chi connectivity index (χ0v) is 15.8. The van der Waals surface area contributed by atoms with Crippen LogP contribution in [0.4, 0.5) is 0 Å². The van der Waals surface area contributed by atoms with E-state index in [1.54, 1.807) is 6.20 Å². The van der Waals surface area contributed by atoms with Gasteiger partial charge in [0.25, 0.3) is 5.91 Å². The molecule has 0 radical (unpaired) electrons. The molecule has 0 aliphatic carbocycles. The van der Waals surface area contributed by atoms with Crippen molar-refractivity contribution in [3.05, 3.63) is 77.6 Å². The Bertz CT molecular complexity index is 894. The molecule has 0 atom stereocenters. The Morgan fingerprint density at radius 3 is 2.21 bits per heavy atom. The quantitative estimate of drug-likeness (QED) is 0.715. The molecule has 1 amide bonds. The molecule has 0 spiro atoms. The highest BCUT2D eigenvalue weighted by Gasteiger charge is 2.25. The molecule has 1 fully saturated rings. The molecular weight excluding hydrogens is 350 g/mol. The van der Waals surface area contributed by atoms with Crippen LogP contribution >= 0.6 is 0 Å². The highest BCUT2D eigenvalue weighted by molar-refractivity contribution is 5.94. The maximum atomic E-state index is 12.8. The van der Waals surface area contributed by atoms with Crippen molar-refractivity contribution in [3.63, 3.8) is 0 Å². The molecule has 5 nitrogen and oxygen atoms in total. The Kier molecular flexibility index (Phi) is 5.53. The Hall–Kier alpha value is -2.92. The van der Waals surface area contributed by atoms with Crippen LogP contribution in [0.5, 0.6) is 0 Å². The summed E-state index contributed by atoms with van der Waals surface area (Å²) in [7, 11) is 0. The first-order valence-electron chi connectivity index (χ1n) is 9.83. The molecule has 0 unspecified atom stereocenters. The van der Waals surface area contributed by atoms with Gasteiger partial charge in [-0.1, -0.05) is 36.4 Å². The van der Waals surface area contributed by atoms with Gasteiger partial charge < -0.3 is 10.0 Å². The van der Waals surface area contributed by atoms with Gasteiger partial charge in [-0.15, -0.1) is 0 Å². The van der Waals surface area contributed by atoms with E-state index in [9.17, 15) is 4.79 Å². The molecular formula is C23H25N3O2. The van der Waals surface area contributed by atoms with Crippen molar-refractivity contribution in [2.24, 2.45) is 0 Å². The number of carbonyl (C=O) groups excluding carboxylic acids is 1. The number of nitrogens with zero attached hydrogens (tertiary/aromatic N) is 2. The second-order valence-electron chi connectivity index (χ2n) is 7.33. The van der Waals surface area contributed by atoms with E-state index in [-0.39, 0.29) is 12.5 Å². The average molecular weight is 375 g/mol. The average Bonchev–Trinajstić information content (AvgIpc) is 3.29. The molecule has 3 aromatic rings. The topological polar surface area (TPSA) is 69.2 Å². The maximum Gasteiger partial charge on any atom is 0.253 e. The first-order valence-corrected chi connectivity index (χ1v) is 9.83. The lowest BCUT2D eigenvalue weighted by molar-refractivity contribution is 0.0712. The van der Waals surface area contributed by atoms with Gasteiger partial charge in [0.05, 0.1) is 0 Å². The van der Waals surface area contributed by atoms with Crippen molar-refractivity contribution < 1.29 is 9.90 Å². The number of rotatable bonds is 5. The van der Waals surface area contributed by atoms with Gasteiger partial charge in [-0.05, 0) is 54.2 Å². The van der Waals surface area contributed by atoms with Crippen molar-refractivity contribution in [1.29, 1.82) is 0 Å². The second-order valence-corrected chi connectivity index (χ2v) is 7.33. The van der Waals surface area contributed by atoms with Crippen molar-refractivity contribution >= 4 is 5.91 Å². The number of aliphatic hydroxyl groups is 1. The zero-order valence-electron chi connectivity index (χ0n) is 15.8. The second kappa shape index (κ2) is 8.40. The van der Waals surface area contributed by atoms with E-state index in [1.165, 1.54) is 5.69 Å². The number of carbonyl (C=O) groups is 1. The van der Waals surface area contributed by atoms with Crippen LogP contribution in [-0.2, 0) is 6.42 Å². The van der Waals surface area contributed by atoms with E-state index >= 15 is 0 Å². The monoisotopic (exact) mass is 375 g/mol. The summed E-state index contributed by atoms with van der Waals surface area (Å²) in [6, 6.07) is 18.1. The summed E-state index contributed by atoms with van der Waals surface area (Å²) < 4.78 is 0. The van der Waals surface area contributed by atoms with Gasteiger partial charge in [-0.3, -0.25) is 9.89 Å². The van der Waals surface area contributed by atoms with E-state index in [1.807, 2.05) is 47.4 Å². The largest absolute Gasteiger partial charge is 0.396 e. The predicted molar refractivity (Wildman–Crippen MR) is 109 cm³/mol. The minimum atomic E-state index is 0.105. The minimum absolute atomic E-state index is 0.105. The predicted octanol–water partition coefficient (Wildman–Crippen LogP) is 3.63. The Morgan fingerprint density at radius 2 is 1.64 bits per heavy atom. The number of hydrogen-bond acceptors (Lipinski definition) is 3. The van der Waals surface area contributed by atoms with Crippen LogP contribution in [0.3, 0.4) is 0 Å². The standard InChI is InChI=1S/C23H25N3O2/c27-16-12-17-1-3-18(4-2-17)19-5-7-21(8-6-19)23(28)26-14-10-20(11-15-26)22-9-13-24-25-22/h1-9,13,20,27H,10-12,14-16H2,(H,24,25). The first kappa shape index (κ1) is 18.4. The van der Waals surface area contributed by atoms with Gasteiger partial charge in [-0.25, -0.2) is 0 Å². The van der Waals surface area contributed by atoms with Crippen LogP contribution in [0.15, 0.2) is 60.8 Å². The van der Waals surface area contributed by atoms with Gasteiger partial charge in [0.1, 0.15) is 0 Å². The van der Waals surface area contributed by atoms with E-state index in [4.69, 9.17) is 5.11 Å². The van der Waals surface area contributed by atoms with E-state index in [2.05, 4.69) is 22.3 Å². The van der Waals surface area contributed by atoms with E-state index < -0.39 is 0 Å². The summed E-state index contributed by atoms with van der Waals surface area (Å²) in [6.07, 6.45) is 4.39. The fourth-order valence-electron chi connectivity index (χ4n) is 3.87. The van der Waals surface area contributed by atoms with E-state index in [0.29, 0.717) is 12.3 Å². The highest BCUT2D eigenvalue weighted by Crippen LogP contribution is 2.27. The summed E-state index contributed by atoms with van der Waals surface area (Å²) in [5.74, 6) is 0.565. The van der Waals surface area contributed by atoms with Gasteiger partial charge >= 0.3 is 0 Å². The van der Waals surface area contributed by atoms with Crippen LogP contribution in [0.1, 0.15) is 40.4 Å². The lowest BCUT2D eigenvalue weighted by Gasteiger charge is -2.31. The summed E-state index contributed by atoms with van der Waals surface area (Å²) in [6.45, 7) is 1.71. The minimum Gasteiger partial charge on any atom is -0.396 e. The van der Waals surface area contributed by atoms with Crippen molar-refractivity contribution in [2.75, 3.05) is 19.7 Å². The van der Waals surface area contributed by atoms with Crippen LogP contribution < -0.4 is 0 Å². The van der Waals surface area contributed by atoms with Crippen LogP contribution in [0.25, 0.3) is 11.1 Å². The molecule has 5 heteroatoms. The summed E-state index contributed by atoms with van der Waals surface area (Å²) in [4.78, 5) is 14.8. The third-order valence-electron chi connectivity index (χ3n) is 5.56. The molecule has 0 bridgehead atoms. The number of aliphatic hydroxyl groups excluding tert-OH is 1. The van der Waals surface area contributed by atoms with E-state index in [0.717, 1.165) is 48.2 Å². The normalized spacial score (nSPS) is 15.0. The highest BCUT2D eigenvalue weighted by atomic mass is 16.3. The third kappa shape index (κ3) is 3.99. The SMILES string of the molecule is O=C(c1ccc(-c2ccc(CCO)cc2)cc1)N1CCC(c2ccn[nH]2)CC1. The van der Waals surface area contributed by atoms with Gasteiger partial charge in [0.15, 0.2) is 0 Å². The van der Waals surface area contributed by atoms with Crippen LogP contribution in [-0.4, -0.2) is 45.8 Å².